The SMILES string of the molecule is COC1(CNc2ccc(N)c(C(N)=O)c2)CCC1. The number of nitrogens with two attached hydrogens (primary N) is 2. The Bertz CT molecular complexity index is 450. The van der Waals surface area contributed by atoms with Crippen molar-refractivity contribution in [3.63, 3.8) is 0 Å². The number of carbonyl (C=O) groups excluding carboxylic acids is 1. The molecule has 18 heavy (non-hydrogen) atoms. The number of anilines is 2. The van der Waals surface area contributed by atoms with Crippen LogP contribution < -0.4 is 16.8 Å². The largest absolute Gasteiger partial charge is 0.398 e. The Balaban J connectivity index is 2.06. The number of nitrogen functional groups attached to an aromatic ring is 1. The molecule has 1 aliphatic carbocycles. The number of nitrogens with one attached hydrogen (secondary N) is 1. The van der Waals surface area contributed by atoms with Gasteiger partial charge in [0.2, 0.25) is 0 Å². The minimum atomic E-state index is -0.513. The van der Waals surface area contributed by atoms with Crippen molar-refractivity contribution in [1.82, 2.24) is 0 Å². The molecule has 1 fully saturated rings. The zero-order valence-electron chi connectivity index (χ0n) is 10.5. The summed E-state index contributed by atoms with van der Waals surface area (Å²) in [6.07, 6.45) is 3.33. The van der Waals surface area contributed by atoms with Gasteiger partial charge in [0, 0.05) is 25.0 Å². The molecule has 0 radical (unpaired) electrons. The Morgan fingerprint density at radius 2 is 2.22 bits per heavy atom. The molecule has 1 saturated carbocycles. The van der Waals surface area contributed by atoms with E-state index in [2.05, 4.69) is 5.32 Å². The highest BCUT2D eigenvalue weighted by Gasteiger charge is 2.36. The van der Waals surface area contributed by atoms with E-state index in [-0.39, 0.29) is 5.60 Å². The van der Waals surface area contributed by atoms with E-state index in [9.17, 15) is 4.79 Å². The molecule has 5 N–H and O–H groups in total. The first-order valence-corrected chi connectivity index (χ1v) is 6.05. The number of carbonyl (C=O) groups is 1. The summed E-state index contributed by atoms with van der Waals surface area (Å²) in [5.41, 5.74) is 12.5. The molecule has 0 atom stereocenters. The lowest BCUT2D eigenvalue weighted by molar-refractivity contribution is -0.0601. The van der Waals surface area contributed by atoms with Gasteiger partial charge in [-0.05, 0) is 37.5 Å². The number of hydrogen-bond donors (Lipinski definition) is 3. The number of amides is 1. The molecule has 2 rings (SSSR count). The van der Waals surface area contributed by atoms with Gasteiger partial charge in [-0.3, -0.25) is 4.79 Å². The first-order chi connectivity index (χ1) is 8.56. The van der Waals surface area contributed by atoms with Crippen LogP contribution in [0.3, 0.4) is 0 Å². The van der Waals surface area contributed by atoms with Gasteiger partial charge in [-0.15, -0.1) is 0 Å². The third-order valence-corrected chi connectivity index (χ3v) is 3.63. The lowest BCUT2D eigenvalue weighted by Crippen LogP contribution is -2.45. The molecule has 98 valence electrons. The number of hydrogen-bond acceptors (Lipinski definition) is 4. The van der Waals surface area contributed by atoms with Crippen LogP contribution in [0.15, 0.2) is 18.2 Å². The highest BCUT2D eigenvalue weighted by Crippen LogP contribution is 2.35. The Kier molecular flexibility index (Phi) is 3.43. The van der Waals surface area contributed by atoms with E-state index in [4.69, 9.17) is 16.2 Å². The summed E-state index contributed by atoms with van der Waals surface area (Å²) in [5.74, 6) is -0.513. The van der Waals surface area contributed by atoms with E-state index in [1.807, 2.05) is 6.07 Å². The van der Waals surface area contributed by atoms with Crippen LogP contribution in [0.2, 0.25) is 0 Å². The van der Waals surface area contributed by atoms with Gasteiger partial charge in [-0.1, -0.05) is 0 Å². The fraction of sp³-hybridized carbons (Fsp3) is 0.462. The van der Waals surface area contributed by atoms with E-state index in [0.29, 0.717) is 11.3 Å². The number of primary amides is 1. The molecule has 5 heteroatoms. The van der Waals surface area contributed by atoms with E-state index in [1.54, 1.807) is 19.2 Å². The van der Waals surface area contributed by atoms with Crippen molar-refractivity contribution in [2.24, 2.45) is 5.73 Å². The molecule has 0 aromatic heterocycles. The lowest BCUT2D eigenvalue weighted by atomic mass is 9.80. The van der Waals surface area contributed by atoms with Crippen molar-refractivity contribution in [3.05, 3.63) is 23.8 Å². The number of ether oxygens (including phenoxy) is 1. The van der Waals surface area contributed by atoms with Gasteiger partial charge < -0.3 is 21.5 Å². The highest BCUT2D eigenvalue weighted by molar-refractivity contribution is 5.98. The molecule has 0 heterocycles. The molecule has 0 spiro atoms. The van der Waals surface area contributed by atoms with Crippen LogP contribution in [-0.4, -0.2) is 25.2 Å². The number of rotatable bonds is 5. The monoisotopic (exact) mass is 249 g/mol. The van der Waals surface area contributed by atoms with Crippen LogP contribution >= 0.6 is 0 Å². The summed E-state index contributed by atoms with van der Waals surface area (Å²) >= 11 is 0. The average Bonchev–Trinajstić information content (AvgIpc) is 2.30. The Hall–Kier alpha value is -1.75. The predicted molar refractivity (Wildman–Crippen MR) is 71.5 cm³/mol. The fourth-order valence-corrected chi connectivity index (χ4v) is 2.17. The average molecular weight is 249 g/mol. The van der Waals surface area contributed by atoms with Crippen molar-refractivity contribution >= 4 is 17.3 Å². The molecule has 1 aromatic carbocycles. The van der Waals surface area contributed by atoms with Crippen LogP contribution in [0.25, 0.3) is 0 Å². The maximum atomic E-state index is 11.2. The van der Waals surface area contributed by atoms with E-state index >= 15 is 0 Å². The van der Waals surface area contributed by atoms with Crippen molar-refractivity contribution in [3.8, 4) is 0 Å². The molecular formula is C13H19N3O2. The summed E-state index contributed by atoms with van der Waals surface area (Å²) in [7, 11) is 1.73. The van der Waals surface area contributed by atoms with Crippen LogP contribution in [-0.2, 0) is 4.74 Å². The molecular weight excluding hydrogens is 230 g/mol. The van der Waals surface area contributed by atoms with Crippen LogP contribution in [0, 0.1) is 0 Å². The first kappa shape index (κ1) is 12.7. The summed E-state index contributed by atoms with van der Waals surface area (Å²) in [6, 6.07) is 5.20. The quantitative estimate of drug-likeness (QED) is 0.687. The second kappa shape index (κ2) is 4.86. The minimum Gasteiger partial charge on any atom is -0.398 e. The Morgan fingerprint density at radius 1 is 1.50 bits per heavy atom. The van der Waals surface area contributed by atoms with Crippen LogP contribution in [0.5, 0.6) is 0 Å². The van der Waals surface area contributed by atoms with Gasteiger partial charge >= 0.3 is 0 Å². The molecule has 1 aliphatic rings. The highest BCUT2D eigenvalue weighted by atomic mass is 16.5. The zero-order chi connectivity index (χ0) is 13.2. The third-order valence-electron chi connectivity index (χ3n) is 3.63. The van der Waals surface area contributed by atoms with Gasteiger partial charge in [-0.25, -0.2) is 0 Å². The fourth-order valence-electron chi connectivity index (χ4n) is 2.17. The summed E-state index contributed by atoms with van der Waals surface area (Å²) < 4.78 is 5.52. The van der Waals surface area contributed by atoms with E-state index in [0.717, 1.165) is 25.1 Å². The zero-order valence-corrected chi connectivity index (χ0v) is 10.5. The first-order valence-electron chi connectivity index (χ1n) is 6.05. The standard InChI is InChI=1S/C13H19N3O2/c1-18-13(5-2-6-13)8-16-9-3-4-11(14)10(7-9)12(15)17/h3-4,7,16H,2,5-6,8,14H2,1H3,(H2,15,17). The maximum Gasteiger partial charge on any atom is 0.250 e. The summed E-state index contributed by atoms with van der Waals surface area (Å²) in [4.78, 5) is 11.2. The van der Waals surface area contributed by atoms with Crippen LogP contribution in [0.4, 0.5) is 11.4 Å². The molecule has 1 aromatic rings. The van der Waals surface area contributed by atoms with E-state index in [1.165, 1.54) is 6.42 Å². The minimum absolute atomic E-state index is 0.0612. The molecule has 0 aliphatic heterocycles. The smallest absolute Gasteiger partial charge is 0.250 e. The van der Waals surface area contributed by atoms with Gasteiger partial charge in [0.25, 0.3) is 5.91 Å². The van der Waals surface area contributed by atoms with Gasteiger partial charge in [0.1, 0.15) is 0 Å². The number of benzene rings is 1. The normalized spacial score (nSPS) is 16.9. The number of methoxy groups -OCH3 is 1. The van der Waals surface area contributed by atoms with Crippen LogP contribution in [0.1, 0.15) is 29.6 Å². The molecule has 0 saturated heterocycles. The van der Waals surface area contributed by atoms with Gasteiger partial charge in [-0.2, -0.15) is 0 Å². The predicted octanol–water partition coefficient (Wildman–Crippen LogP) is 1.35. The second-order valence-electron chi connectivity index (χ2n) is 4.76. The third kappa shape index (κ3) is 2.41. The van der Waals surface area contributed by atoms with Gasteiger partial charge in [0.05, 0.1) is 11.2 Å². The summed E-state index contributed by atoms with van der Waals surface area (Å²) in [6.45, 7) is 0.728. The Morgan fingerprint density at radius 3 is 2.72 bits per heavy atom. The van der Waals surface area contributed by atoms with Crippen molar-refractivity contribution in [2.75, 3.05) is 24.7 Å². The topological polar surface area (TPSA) is 90.4 Å². The lowest BCUT2D eigenvalue weighted by Gasteiger charge is -2.40. The molecule has 5 nitrogen and oxygen atoms in total. The Labute approximate surface area is 106 Å². The van der Waals surface area contributed by atoms with Gasteiger partial charge in [0.15, 0.2) is 0 Å². The van der Waals surface area contributed by atoms with Crippen molar-refractivity contribution in [2.45, 2.75) is 24.9 Å². The van der Waals surface area contributed by atoms with Crippen molar-refractivity contribution < 1.29 is 9.53 Å². The second-order valence-corrected chi connectivity index (χ2v) is 4.76. The molecule has 0 unspecified atom stereocenters. The summed E-state index contributed by atoms with van der Waals surface area (Å²) in [5, 5.41) is 3.27. The molecule has 0 bridgehead atoms. The van der Waals surface area contributed by atoms with Crippen molar-refractivity contribution in [1.29, 1.82) is 0 Å². The van der Waals surface area contributed by atoms with E-state index < -0.39 is 5.91 Å². The maximum absolute atomic E-state index is 11.2. The molecule has 1 amide bonds.